The van der Waals surface area contributed by atoms with Gasteiger partial charge in [0.15, 0.2) is 21.3 Å². The maximum atomic E-state index is 12.5. The second-order valence-corrected chi connectivity index (χ2v) is 7.84. The Morgan fingerprint density at radius 3 is 2.62 bits per heavy atom. The normalized spacial score (nSPS) is 18.3. The molecule has 2 rings (SSSR count). The van der Waals surface area contributed by atoms with Crippen molar-refractivity contribution in [1.82, 2.24) is 10.2 Å². The summed E-state index contributed by atoms with van der Waals surface area (Å²) in [7, 11) is -0.634. The summed E-state index contributed by atoms with van der Waals surface area (Å²) in [5, 5.41) is 3.20. The Hall–Kier alpha value is -1.80. The molecule has 1 heterocycles. The van der Waals surface area contributed by atoms with Crippen molar-refractivity contribution in [2.45, 2.75) is 24.3 Å². The van der Waals surface area contributed by atoms with Gasteiger partial charge in [0.1, 0.15) is 0 Å². The van der Waals surface area contributed by atoms with E-state index in [2.05, 4.69) is 5.32 Å². The highest BCUT2D eigenvalue weighted by Gasteiger charge is 2.25. The minimum atomic E-state index is -3.57. The molecule has 1 aliphatic rings. The first kappa shape index (κ1) is 18.5. The van der Waals surface area contributed by atoms with Crippen molar-refractivity contribution in [2.75, 3.05) is 39.6 Å². The van der Waals surface area contributed by atoms with Crippen LogP contribution in [0.3, 0.4) is 0 Å². The zero-order valence-corrected chi connectivity index (χ0v) is 15.1. The molecule has 0 unspecified atom stereocenters. The zero-order valence-electron chi connectivity index (χ0n) is 14.2. The van der Waals surface area contributed by atoms with Crippen LogP contribution in [0, 0.1) is 0 Å². The first-order valence-electron chi connectivity index (χ1n) is 7.84. The van der Waals surface area contributed by atoms with E-state index in [1.54, 1.807) is 11.0 Å². The van der Waals surface area contributed by atoms with Crippen LogP contribution in [0.2, 0.25) is 0 Å². The van der Waals surface area contributed by atoms with Crippen molar-refractivity contribution in [1.29, 1.82) is 0 Å². The Kier molecular flexibility index (Phi) is 6.06. The number of nitrogens with zero attached hydrogens (tertiary/aromatic N) is 1. The van der Waals surface area contributed by atoms with Gasteiger partial charge in [-0.25, -0.2) is 8.42 Å². The summed E-state index contributed by atoms with van der Waals surface area (Å²) in [5.41, 5.74) is 0. The van der Waals surface area contributed by atoms with Gasteiger partial charge in [0, 0.05) is 38.2 Å². The van der Waals surface area contributed by atoms with Crippen molar-refractivity contribution < 1.29 is 22.7 Å². The van der Waals surface area contributed by atoms with Crippen molar-refractivity contribution in [3.63, 3.8) is 0 Å². The van der Waals surface area contributed by atoms with Gasteiger partial charge in [0.25, 0.3) is 0 Å². The number of hydrogen-bond donors (Lipinski definition) is 1. The molecule has 0 bridgehead atoms. The third-order valence-electron chi connectivity index (χ3n) is 4.12. The molecule has 0 radical (unpaired) electrons. The number of ether oxygens (including phenoxy) is 2. The van der Waals surface area contributed by atoms with Gasteiger partial charge in [-0.2, -0.15) is 0 Å². The zero-order chi connectivity index (χ0) is 17.7. The van der Waals surface area contributed by atoms with Crippen LogP contribution in [0.1, 0.15) is 13.3 Å². The number of carbonyl (C=O) groups is 1. The van der Waals surface area contributed by atoms with Crippen molar-refractivity contribution >= 4 is 15.7 Å². The molecule has 1 aliphatic heterocycles. The highest BCUT2D eigenvalue weighted by molar-refractivity contribution is 7.91. The quantitative estimate of drug-likeness (QED) is 0.807. The average molecular weight is 356 g/mol. The first-order chi connectivity index (χ1) is 11.4. The van der Waals surface area contributed by atoms with E-state index >= 15 is 0 Å². The van der Waals surface area contributed by atoms with Gasteiger partial charge in [0.2, 0.25) is 5.91 Å². The molecule has 134 valence electrons. The van der Waals surface area contributed by atoms with Gasteiger partial charge in [-0.05, 0) is 19.1 Å². The Bertz CT molecular complexity index is 690. The number of amides is 1. The maximum absolute atomic E-state index is 12.5. The molecule has 1 atom stereocenters. The minimum absolute atomic E-state index is 0.0268. The van der Waals surface area contributed by atoms with Gasteiger partial charge < -0.3 is 19.7 Å². The third-order valence-corrected chi connectivity index (χ3v) is 5.83. The van der Waals surface area contributed by atoms with Gasteiger partial charge >= 0.3 is 0 Å². The Morgan fingerprint density at radius 1 is 1.29 bits per heavy atom. The molecule has 1 saturated heterocycles. The lowest BCUT2D eigenvalue weighted by molar-refractivity contribution is -0.133. The molecule has 1 amide bonds. The van der Waals surface area contributed by atoms with Gasteiger partial charge in [-0.15, -0.1) is 0 Å². The van der Waals surface area contributed by atoms with Crippen LogP contribution in [0.4, 0.5) is 0 Å². The van der Waals surface area contributed by atoms with E-state index in [0.717, 1.165) is 13.1 Å². The fourth-order valence-electron chi connectivity index (χ4n) is 2.70. The molecule has 1 fully saturated rings. The summed E-state index contributed by atoms with van der Waals surface area (Å²) in [4.78, 5) is 14.2. The minimum Gasteiger partial charge on any atom is -0.493 e. The van der Waals surface area contributed by atoms with E-state index in [4.69, 9.17) is 9.47 Å². The molecule has 0 aromatic heterocycles. The first-order valence-corrected chi connectivity index (χ1v) is 9.49. The third kappa shape index (κ3) is 4.18. The summed E-state index contributed by atoms with van der Waals surface area (Å²) in [5.74, 6) is 0.452. The van der Waals surface area contributed by atoms with Crippen LogP contribution < -0.4 is 14.8 Å². The summed E-state index contributed by atoms with van der Waals surface area (Å²) < 4.78 is 35.2. The standard InChI is InChI=1S/C16H24N2O5S/c1-12-11-17-7-8-18(12)16(19)6-9-24(20,21)13-4-5-14(22-2)15(10-13)23-3/h4-5,10,12,17H,6-9,11H2,1-3H3/t12-/m0/s1. The molecule has 8 heteroatoms. The molecular formula is C16H24N2O5S. The predicted octanol–water partition coefficient (Wildman–Crippen LogP) is 0.688. The van der Waals surface area contributed by atoms with Crippen molar-refractivity contribution in [3.8, 4) is 11.5 Å². The lowest BCUT2D eigenvalue weighted by atomic mass is 10.2. The number of carbonyl (C=O) groups excluding carboxylic acids is 1. The largest absolute Gasteiger partial charge is 0.493 e. The number of nitrogens with one attached hydrogen (secondary N) is 1. The summed E-state index contributed by atoms with van der Waals surface area (Å²) in [6, 6.07) is 4.52. The smallest absolute Gasteiger partial charge is 0.223 e. The molecule has 0 spiro atoms. The number of piperazine rings is 1. The number of hydrogen-bond acceptors (Lipinski definition) is 6. The second kappa shape index (κ2) is 7.85. The molecular weight excluding hydrogens is 332 g/mol. The lowest BCUT2D eigenvalue weighted by Gasteiger charge is -2.34. The average Bonchev–Trinajstić information content (AvgIpc) is 2.59. The number of sulfone groups is 1. The van der Waals surface area contributed by atoms with Gasteiger partial charge in [0.05, 0.1) is 24.9 Å². The van der Waals surface area contributed by atoms with Crippen LogP contribution in [-0.2, 0) is 14.6 Å². The summed E-state index contributed by atoms with van der Waals surface area (Å²) in [6.07, 6.45) is -0.0268. The molecule has 1 N–H and O–H groups in total. The van der Waals surface area contributed by atoms with Gasteiger partial charge in [-0.1, -0.05) is 0 Å². The maximum Gasteiger partial charge on any atom is 0.223 e. The fraction of sp³-hybridized carbons (Fsp3) is 0.562. The van der Waals surface area contributed by atoms with Crippen LogP contribution >= 0.6 is 0 Å². The highest BCUT2D eigenvalue weighted by Crippen LogP contribution is 2.30. The Balaban J connectivity index is 2.07. The molecule has 7 nitrogen and oxygen atoms in total. The van der Waals surface area contributed by atoms with E-state index in [1.807, 2.05) is 6.92 Å². The molecule has 1 aromatic rings. The molecule has 1 aromatic carbocycles. The monoisotopic (exact) mass is 356 g/mol. The van der Waals surface area contributed by atoms with Gasteiger partial charge in [-0.3, -0.25) is 4.79 Å². The lowest BCUT2D eigenvalue weighted by Crippen LogP contribution is -2.52. The van der Waals surface area contributed by atoms with Crippen LogP contribution in [0.15, 0.2) is 23.1 Å². The molecule has 0 saturated carbocycles. The van der Waals surface area contributed by atoms with Crippen LogP contribution in [0.5, 0.6) is 11.5 Å². The van der Waals surface area contributed by atoms with E-state index in [1.165, 1.54) is 26.4 Å². The summed E-state index contributed by atoms with van der Waals surface area (Å²) in [6.45, 7) is 4.02. The number of benzene rings is 1. The Labute approximate surface area is 142 Å². The van der Waals surface area contributed by atoms with Crippen molar-refractivity contribution in [2.24, 2.45) is 0 Å². The number of rotatable bonds is 6. The topological polar surface area (TPSA) is 84.9 Å². The SMILES string of the molecule is COc1ccc(S(=O)(=O)CCC(=O)N2CCNC[C@@H]2C)cc1OC. The number of methoxy groups -OCH3 is 2. The van der Waals surface area contributed by atoms with E-state index in [0.29, 0.717) is 18.0 Å². The summed E-state index contributed by atoms with van der Waals surface area (Å²) >= 11 is 0. The second-order valence-electron chi connectivity index (χ2n) is 5.73. The fourth-order valence-corrected chi connectivity index (χ4v) is 3.95. The highest BCUT2D eigenvalue weighted by atomic mass is 32.2. The van der Waals surface area contributed by atoms with Crippen molar-refractivity contribution in [3.05, 3.63) is 18.2 Å². The van der Waals surface area contributed by atoms with Crippen LogP contribution in [-0.4, -0.2) is 64.9 Å². The Morgan fingerprint density at radius 2 is 2.00 bits per heavy atom. The molecule has 24 heavy (non-hydrogen) atoms. The predicted molar refractivity (Wildman–Crippen MR) is 90.3 cm³/mol. The molecule has 0 aliphatic carbocycles. The van der Waals surface area contributed by atoms with E-state index in [-0.39, 0.29) is 29.0 Å². The van der Waals surface area contributed by atoms with Crippen LogP contribution in [0.25, 0.3) is 0 Å². The van der Waals surface area contributed by atoms with E-state index < -0.39 is 9.84 Å². The van der Waals surface area contributed by atoms with E-state index in [9.17, 15) is 13.2 Å².